The van der Waals surface area contributed by atoms with Gasteiger partial charge >= 0.3 is 0 Å². The monoisotopic (exact) mass is 490 g/mol. The van der Waals surface area contributed by atoms with Gasteiger partial charge in [-0.05, 0) is 42.4 Å². The Morgan fingerprint density at radius 1 is 1.17 bits per heavy atom. The van der Waals surface area contributed by atoms with Crippen molar-refractivity contribution in [1.82, 2.24) is 20.1 Å². The Balaban J connectivity index is 1.46. The highest BCUT2D eigenvalue weighted by molar-refractivity contribution is 5.79. The summed E-state index contributed by atoms with van der Waals surface area (Å²) in [5.74, 6) is 1.78. The maximum absolute atomic E-state index is 13.4. The summed E-state index contributed by atoms with van der Waals surface area (Å²) in [6.45, 7) is 8.48. The zero-order chi connectivity index (χ0) is 25.3. The number of carbonyl (C=O) groups excluding carboxylic acids is 2. The first kappa shape index (κ1) is 25.9. The van der Waals surface area contributed by atoms with E-state index in [-0.39, 0.29) is 23.7 Å². The number of piperidine rings is 1. The number of hydrogen-bond acceptors (Lipinski definition) is 5. The third-order valence-electron chi connectivity index (χ3n) is 6.87. The lowest BCUT2D eigenvalue weighted by Crippen LogP contribution is -2.48. The molecule has 36 heavy (non-hydrogen) atoms. The predicted molar refractivity (Wildman–Crippen MR) is 140 cm³/mol. The zero-order valence-electron chi connectivity index (χ0n) is 21.4. The van der Waals surface area contributed by atoms with E-state index in [0.29, 0.717) is 51.7 Å². The number of para-hydroxylation sites is 1. The number of nitrogens with zero attached hydrogens (tertiary/aromatic N) is 3. The number of carbonyl (C=O) groups is 2. The molecule has 0 radical (unpaired) electrons. The number of aromatic nitrogens is 1. The van der Waals surface area contributed by atoms with Crippen molar-refractivity contribution < 1.29 is 14.3 Å². The van der Waals surface area contributed by atoms with Gasteiger partial charge in [0, 0.05) is 44.4 Å². The summed E-state index contributed by atoms with van der Waals surface area (Å²) in [7, 11) is 0. The van der Waals surface area contributed by atoms with Gasteiger partial charge in [0.25, 0.3) is 0 Å². The smallest absolute Gasteiger partial charge is 0.236 e. The fourth-order valence-corrected chi connectivity index (χ4v) is 5.11. The summed E-state index contributed by atoms with van der Waals surface area (Å²) in [4.78, 5) is 34.6. The summed E-state index contributed by atoms with van der Waals surface area (Å²) in [6, 6.07) is 13.8. The average molecular weight is 491 g/mol. The van der Waals surface area contributed by atoms with E-state index in [1.54, 1.807) is 6.20 Å². The normalized spacial score (nSPS) is 22.0. The fraction of sp³-hybridized carbons (Fsp3) is 0.483. The minimum absolute atomic E-state index is 0.0232. The van der Waals surface area contributed by atoms with E-state index < -0.39 is 0 Å². The average Bonchev–Trinajstić information content (AvgIpc) is 2.87. The van der Waals surface area contributed by atoms with E-state index in [0.717, 1.165) is 30.0 Å². The van der Waals surface area contributed by atoms with Gasteiger partial charge in [0.05, 0.1) is 18.8 Å². The molecule has 2 atom stereocenters. The van der Waals surface area contributed by atoms with Crippen LogP contribution in [0.1, 0.15) is 37.9 Å². The Bertz CT molecular complexity index is 1040. The number of ether oxygens (including phenoxy) is 1. The molecule has 4 rings (SSSR count). The number of hydrogen-bond donors (Lipinski definition) is 1. The van der Waals surface area contributed by atoms with E-state index in [9.17, 15) is 9.59 Å². The van der Waals surface area contributed by atoms with Crippen molar-refractivity contribution in [2.45, 2.75) is 39.8 Å². The molecule has 1 N–H and O–H groups in total. The zero-order valence-corrected chi connectivity index (χ0v) is 21.4. The summed E-state index contributed by atoms with van der Waals surface area (Å²) >= 11 is 0. The number of rotatable bonds is 6. The van der Waals surface area contributed by atoms with Crippen molar-refractivity contribution in [2.24, 2.45) is 17.8 Å². The molecule has 2 aliphatic rings. The van der Waals surface area contributed by atoms with Gasteiger partial charge in [0.15, 0.2) is 0 Å². The summed E-state index contributed by atoms with van der Waals surface area (Å²) in [5, 5.41) is 3.00. The Morgan fingerprint density at radius 3 is 2.81 bits per heavy atom. The first-order chi connectivity index (χ1) is 17.5. The molecule has 2 amide bonds. The highest BCUT2D eigenvalue weighted by Gasteiger charge is 2.32. The Kier molecular flexibility index (Phi) is 9.11. The molecule has 1 aromatic carbocycles. The molecule has 0 spiro atoms. The highest BCUT2D eigenvalue weighted by Crippen LogP contribution is 2.29. The molecule has 1 saturated heterocycles. The minimum atomic E-state index is 0.0232. The summed E-state index contributed by atoms with van der Waals surface area (Å²) in [6.07, 6.45) is 7.16. The lowest BCUT2D eigenvalue weighted by Gasteiger charge is -2.38. The molecule has 192 valence electrons. The molecular weight excluding hydrogens is 452 g/mol. The Hall–Kier alpha value is -3.19. The lowest BCUT2D eigenvalue weighted by atomic mass is 9.82. The lowest BCUT2D eigenvalue weighted by molar-refractivity contribution is -0.135. The molecule has 2 aromatic rings. The van der Waals surface area contributed by atoms with Crippen LogP contribution in [-0.4, -0.2) is 59.4 Å². The third kappa shape index (κ3) is 7.40. The van der Waals surface area contributed by atoms with Gasteiger partial charge in [-0.15, -0.1) is 0 Å². The highest BCUT2D eigenvalue weighted by atomic mass is 16.5. The quantitative estimate of drug-likeness (QED) is 0.626. The molecule has 2 bridgehead atoms. The number of nitrogens with one attached hydrogen (secondary N) is 1. The standard InChI is InChI=1S/C29H38N4O3/c1-22(2)18-32-19-25-8-3-4-11-27(25)36-15-7-9-24-20-33(29(35)21-32)14-12-23(24)16-28(34)31-17-26-10-5-6-13-30-26/h3-11,13,22-24H,12,14-21H2,1-2H3,(H,31,34)/b9-7-/t23-,24-/m0/s1. The largest absolute Gasteiger partial charge is 0.489 e. The molecule has 0 unspecified atom stereocenters. The first-order valence-electron chi connectivity index (χ1n) is 13.0. The van der Waals surface area contributed by atoms with Gasteiger partial charge in [0.2, 0.25) is 11.8 Å². The molecule has 3 heterocycles. The second-order valence-electron chi connectivity index (χ2n) is 10.3. The molecule has 1 aromatic heterocycles. The fourth-order valence-electron chi connectivity index (χ4n) is 5.11. The van der Waals surface area contributed by atoms with Crippen LogP contribution in [0, 0.1) is 17.8 Å². The van der Waals surface area contributed by atoms with Crippen LogP contribution < -0.4 is 10.1 Å². The molecular formula is C29H38N4O3. The van der Waals surface area contributed by atoms with Crippen LogP contribution in [0.4, 0.5) is 0 Å². The van der Waals surface area contributed by atoms with Gasteiger partial charge in [0.1, 0.15) is 12.4 Å². The van der Waals surface area contributed by atoms with Gasteiger partial charge in [-0.25, -0.2) is 0 Å². The molecule has 0 saturated carbocycles. The number of benzene rings is 1. The van der Waals surface area contributed by atoms with Gasteiger partial charge < -0.3 is 15.0 Å². The third-order valence-corrected chi connectivity index (χ3v) is 6.87. The Labute approximate surface area is 214 Å². The van der Waals surface area contributed by atoms with Crippen LogP contribution in [0.25, 0.3) is 0 Å². The van der Waals surface area contributed by atoms with Gasteiger partial charge in [-0.2, -0.15) is 0 Å². The van der Waals surface area contributed by atoms with Crippen molar-refractivity contribution in [1.29, 1.82) is 0 Å². The second-order valence-corrected chi connectivity index (χ2v) is 10.3. The van der Waals surface area contributed by atoms with Crippen LogP contribution in [0.2, 0.25) is 0 Å². The van der Waals surface area contributed by atoms with Crippen LogP contribution in [-0.2, 0) is 22.7 Å². The maximum Gasteiger partial charge on any atom is 0.236 e. The van der Waals surface area contributed by atoms with Gasteiger partial charge in [-0.3, -0.25) is 19.5 Å². The predicted octanol–water partition coefficient (Wildman–Crippen LogP) is 3.66. The van der Waals surface area contributed by atoms with Crippen molar-refractivity contribution in [2.75, 3.05) is 32.8 Å². The van der Waals surface area contributed by atoms with Crippen molar-refractivity contribution in [3.8, 4) is 5.75 Å². The van der Waals surface area contributed by atoms with Crippen molar-refractivity contribution >= 4 is 11.8 Å². The molecule has 1 fully saturated rings. The van der Waals surface area contributed by atoms with E-state index in [2.05, 4.69) is 41.2 Å². The van der Waals surface area contributed by atoms with E-state index >= 15 is 0 Å². The topological polar surface area (TPSA) is 74.8 Å². The van der Waals surface area contributed by atoms with Crippen LogP contribution >= 0.6 is 0 Å². The summed E-state index contributed by atoms with van der Waals surface area (Å²) in [5.41, 5.74) is 1.94. The molecule has 7 nitrogen and oxygen atoms in total. The number of amides is 2. The van der Waals surface area contributed by atoms with Crippen molar-refractivity contribution in [3.05, 3.63) is 72.1 Å². The van der Waals surface area contributed by atoms with E-state index in [4.69, 9.17) is 4.74 Å². The van der Waals surface area contributed by atoms with Gasteiger partial charge in [-0.1, -0.05) is 50.3 Å². The van der Waals surface area contributed by atoms with E-state index in [1.807, 2.05) is 47.4 Å². The first-order valence-corrected chi connectivity index (χ1v) is 13.0. The van der Waals surface area contributed by atoms with Crippen LogP contribution in [0.5, 0.6) is 5.75 Å². The molecule has 0 aliphatic carbocycles. The van der Waals surface area contributed by atoms with Crippen LogP contribution in [0.3, 0.4) is 0 Å². The van der Waals surface area contributed by atoms with Crippen molar-refractivity contribution in [3.63, 3.8) is 0 Å². The molecule has 7 heteroatoms. The SMILES string of the molecule is CC(C)CN1CC(=O)N2CC[C@@H](CC(=O)NCc3ccccn3)[C@@H](/C=C\COc3ccccc3C1)C2. The van der Waals surface area contributed by atoms with E-state index in [1.165, 1.54) is 0 Å². The maximum atomic E-state index is 13.4. The minimum Gasteiger partial charge on any atom is -0.489 e. The molecule has 2 aliphatic heterocycles. The Morgan fingerprint density at radius 2 is 2.00 bits per heavy atom. The number of fused-ring (bicyclic) bond motifs is 3. The summed E-state index contributed by atoms with van der Waals surface area (Å²) < 4.78 is 6.12. The number of pyridine rings is 1. The second kappa shape index (κ2) is 12.7. The van der Waals surface area contributed by atoms with Crippen LogP contribution in [0.15, 0.2) is 60.8 Å².